The van der Waals surface area contributed by atoms with Crippen molar-refractivity contribution in [3.8, 4) is 0 Å². The van der Waals surface area contributed by atoms with Gasteiger partial charge < -0.3 is 9.52 Å². The Balaban J connectivity index is 2.92. The fourth-order valence-electron chi connectivity index (χ4n) is 0.883. The van der Waals surface area contributed by atoms with Gasteiger partial charge in [0.2, 0.25) is 5.89 Å². The number of aromatic nitrogens is 1. The SMILES string of the molecule is CCc1nc(CO)oc1C. The molecule has 0 amide bonds. The molecule has 0 aliphatic carbocycles. The lowest BCUT2D eigenvalue weighted by molar-refractivity contribution is 0.238. The molecule has 3 nitrogen and oxygen atoms in total. The van der Waals surface area contributed by atoms with E-state index < -0.39 is 0 Å². The van der Waals surface area contributed by atoms with Gasteiger partial charge in [0, 0.05) is 0 Å². The Hall–Kier alpha value is -0.830. The summed E-state index contributed by atoms with van der Waals surface area (Å²) in [7, 11) is 0. The number of hydrogen-bond acceptors (Lipinski definition) is 3. The minimum absolute atomic E-state index is 0.110. The summed E-state index contributed by atoms with van der Waals surface area (Å²) in [4.78, 5) is 4.03. The van der Waals surface area contributed by atoms with Gasteiger partial charge in [0.1, 0.15) is 12.4 Å². The van der Waals surface area contributed by atoms with Gasteiger partial charge in [-0.25, -0.2) is 4.98 Å². The van der Waals surface area contributed by atoms with Crippen LogP contribution in [0.1, 0.15) is 24.3 Å². The van der Waals surface area contributed by atoms with Crippen molar-refractivity contribution in [2.75, 3.05) is 0 Å². The van der Waals surface area contributed by atoms with Crippen LogP contribution in [0.25, 0.3) is 0 Å². The van der Waals surface area contributed by atoms with E-state index in [0.717, 1.165) is 17.9 Å². The van der Waals surface area contributed by atoms with Crippen LogP contribution in [0.4, 0.5) is 0 Å². The quantitative estimate of drug-likeness (QED) is 0.669. The minimum atomic E-state index is -0.110. The molecule has 3 heteroatoms. The van der Waals surface area contributed by atoms with Crippen molar-refractivity contribution in [3.05, 3.63) is 17.3 Å². The van der Waals surface area contributed by atoms with E-state index in [0.29, 0.717) is 5.89 Å². The molecule has 0 radical (unpaired) electrons. The van der Waals surface area contributed by atoms with Gasteiger partial charge in [0.15, 0.2) is 0 Å². The summed E-state index contributed by atoms with van der Waals surface area (Å²) in [5.41, 5.74) is 0.934. The van der Waals surface area contributed by atoms with Gasteiger partial charge in [-0.1, -0.05) is 6.92 Å². The fourth-order valence-corrected chi connectivity index (χ4v) is 0.883. The Morgan fingerprint density at radius 1 is 1.60 bits per heavy atom. The Kier molecular flexibility index (Phi) is 2.06. The van der Waals surface area contributed by atoms with Gasteiger partial charge in [-0.2, -0.15) is 0 Å². The maximum atomic E-state index is 8.61. The van der Waals surface area contributed by atoms with Gasteiger partial charge >= 0.3 is 0 Å². The van der Waals surface area contributed by atoms with Crippen LogP contribution < -0.4 is 0 Å². The maximum absolute atomic E-state index is 8.61. The van der Waals surface area contributed by atoms with E-state index in [4.69, 9.17) is 9.52 Å². The second-order valence-electron chi connectivity index (χ2n) is 2.12. The minimum Gasteiger partial charge on any atom is -0.443 e. The highest BCUT2D eigenvalue weighted by atomic mass is 16.4. The average Bonchev–Trinajstić information content (AvgIpc) is 2.30. The van der Waals surface area contributed by atoms with E-state index in [1.807, 2.05) is 13.8 Å². The van der Waals surface area contributed by atoms with Crippen molar-refractivity contribution in [3.63, 3.8) is 0 Å². The molecule has 0 spiro atoms. The lowest BCUT2D eigenvalue weighted by Gasteiger charge is -1.83. The molecular weight excluding hydrogens is 130 g/mol. The van der Waals surface area contributed by atoms with Crippen molar-refractivity contribution < 1.29 is 9.52 Å². The zero-order chi connectivity index (χ0) is 7.56. The lowest BCUT2D eigenvalue weighted by atomic mass is 10.3. The molecule has 0 aliphatic heterocycles. The van der Waals surface area contributed by atoms with Gasteiger partial charge in [0.25, 0.3) is 0 Å². The summed E-state index contributed by atoms with van der Waals surface area (Å²) >= 11 is 0. The van der Waals surface area contributed by atoms with Crippen LogP contribution in [0.2, 0.25) is 0 Å². The van der Waals surface area contributed by atoms with Crippen LogP contribution in [-0.4, -0.2) is 10.1 Å². The zero-order valence-electron chi connectivity index (χ0n) is 6.22. The van der Waals surface area contributed by atoms with E-state index in [1.165, 1.54) is 0 Å². The van der Waals surface area contributed by atoms with E-state index >= 15 is 0 Å². The van der Waals surface area contributed by atoms with E-state index in [-0.39, 0.29) is 6.61 Å². The normalized spacial score (nSPS) is 10.3. The smallest absolute Gasteiger partial charge is 0.220 e. The number of hydrogen-bond donors (Lipinski definition) is 1. The molecular formula is C7H11NO2. The van der Waals surface area contributed by atoms with Crippen molar-refractivity contribution in [1.82, 2.24) is 4.98 Å². The molecule has 0 fully saturated rings. The monoisotopic (exact) mass is 141 g/mol. The van der Waals surface area contributed by atoms with Gasteiger partial charge in [-0.15, -0.1) is 0 Å². The van der Waals surface area contributed by atoms with Gasteiger partial charge in [-0.05, 0) is 13.3 Å². The highest BCUT2D eigenvalue weighted by Gasteiger charge is 2.04. The largest absolute Gasteiger partial charge is 0.443 e. The zero-order valence-corrected chi connectivity index (χ0v) is 6.22. The topological polar surface area (TPSA) is 46.3 Å². The third-order valence-electron chi connectivity index (χ3n) is 1.41. The van der Waals surface area contributed by atoms with Crippen LogP contribution in [0.5, 0.6) is 0 Å². The standard InChI is InChI=1S/C7H11NO2/c1-3-6-5(2)10-7(4-9)8-6/h9H,3-4H2,1-2H3. The number of rotatable bonds is 2. The third-order valence-corrected chi connectivity index (χ3v) is 1.41. The molecule has 0 unspecified atom stereocenters. The van der Waals surface area contributed by atoms with Crippen molar-refractivity contribution in [2.45, 2.75) is 26.9 Å². The van der Waals surface area contributed by atoms with Crippen LogP contribution in [0.3, 0.4) is 0 Å². The molecule has 0 saturated carbocycles. The summed E-state index contributed by atoms with van der Waals surface area (Å²) in [5.74, 6) is 1.22. The Bertz CT molecular complexity index is 217. The van der Waals surface area contributed by atoms with Crippen LogP contribution in [0, 0.1) is 6.92 Å². The summed E-state index contributed by atoms with van der Waals surface area (Å²) < 4.78 is 5.09. The number of aliphatic hydroxyl groups is 1. The summed E-state index contributed by atoms with van der Waals surface area (Å²) in [6, 6.07) is 0. The molecule has 56 valence electrons. The second kappa shape index (κ2) is 2.84. The fraction of sp³-hybridized carbons (Fsp3) is 0.571. The summed E-state index contributed by atoms with van der Waals surface area (Å²) in [5, 5.41) is 8.61. The first-order chi connectivity index (χ1) is 4.77. The Morgan fingerprint density at radius 3 is 2.60 bits per heavy atom. The number of aryl methyl sites for hydroxylation is 2. The predicted molar refractivity (Wildman–Crippen MR) is 36.5 cm³/mol. The maximum Gasteiger partial charge on any atom is 0.220 e. The first-order valence-electron chi connectivity index (χ1n) is 3.34. The first kappa shape index (κ1) is 7.28. The number of oxazole rings is 1. The molecule has 1 aromatic heterocycles. The summed E-state index contributed by atoms with van der Waals surface area (Å²) in [6.45, 7) is 3.75. The van der Waals surface area contributed by atoms with Crippen molar-refractivity contribution >= 4 is 0 Å². The molecule has 0 saturated heterocycles. The van der Waals surface area contributed by atoms with Gasteiger partial charge in [0.05, 0.1) is 5.69 Å². The Labute approximate surface area is 59.7 Å². The first-order valence-corrected chi connectivity index (χ1v) is 3.34. The predicted octanol–water partition coefficient (Wildman–Crippen LogP) is 1.04. The van der Waals surface area contributed by atoms with E-state index in [2.05, 4.69) is 4.98 Å². The third kappa shape index (κ3) is 1.19. The molecule has 0 aliphatic rings. The van der Waals surface area contributed by atoms with E-state index in [1.54, 1.807) is 0 Å². The van der Waals surface area contributed by atoms with Crippen LogP contribution in [0.15, 0.2) is 4.42 Å². The summed E-state index contributed by atoms with van der Waals surface area (Å²) in [6.07, 6.45) is 0.856. The highest BCUT2D eigenvalue weighted by Crippen LogP contribution is 2.09. The second-order valence-corrected chi connectivity index (χ2v) is 2.12. The van der Waals surface area contributed by atoms with Crippen molar-refractivity contribution in [2.24, 2.45) is 0 Å². The van der Waals surface area contributed by atoms with E-state index in [9.17, 15) is 0 Å². The number of aliphatic hydroxyl groups excluding tert-OH is 1. The Morgan fingerprint density at radius 2 is 2.30 bits per heavy atom. The molecule has 0 atom stereocenters. The molecule has 1 N–H and O–H groups in total. The highest BCUT2D eigenvalue weighted by molar-refractivity contribution is 5.07. The molecule has 0 bridgehead atoms. The molecule has 0 aromatic carbocycles. The van der Waals surface area contributed by atoms with Crippen LogP contribution in [-0.2, 0) is 13.0 Å². The molecule has 1 heterocycles. The average molecular weight is 141 g/mol. The molecule has 1 aromatic rings. The van der Waals surface area contributed by atoms with Crippen LogP contribution >= 0.6 is 0 Å². The number of nitrogens with zero attached hydrogens (tertiary/aromatic N) is 1. The lowest BCUT2D eigenvalue weighted by Crippen LogP contribution is -1.84. The van der Waals surface area contributed by atoms with Gasteiger partial charge in [-0.3, -0.25) is 0 Å². The molecule has 10 heavy (non-hydrogen) atoms. The molecule has 1 rings (SSSR count). The van der Waals surface area contributed by atoms with Crippen molar-refractivity contribution in [1.29, 1.82) is 0 Å².